The van der Waals surface area contributed by atoms with E-state index in [-0.39, 0.29) is 18.9 Å². The summed E-state index contributed by atoms with van der Waals surface area (Å²) >= 11 is 0. The van der Waals surface area contributed by atoms with Gasteiger partial charge in [-0.25, -0.2) is 4.79 Å². The van der Waals surface area contributed by atoms with E-state index in [2.05, 4.69) is 0 Å². The van der Waals surface area contributed by atoms with Gasteiger partial charge < -0.3 is 19.5 Å². The van der Waals surface area contributed by atoms with Gasteiger partial charge in [-0.15, -0.1) is 0 Å². The monoisotopic (exact) mass is 279 g/mol. The molecule has 1 heterocycles. The number of hydrogen-bond donors (Lipinski definition) is 1. The maximum absolute atomic E-state index is 11.8. The molecular formula is C14H17NO5. The highest BCUT2D eigenvalue weighted by Gasteiger charge is 2.35. The van der Waals surface area contributed by atoms with Gasteiger partial charge in [-0.3, -0.25) is 4.79 Å². The van der Waals surface area contributed by atoms with Crippen LogP contribution in [0.3, 0.4) is 0 Å². The lowest BCUT2D eigenvalue weighted by molar-refractivity contribution is -0.146. The minimum Gasteiger partial charge on any atom is -0.493 e. The zero-order valence-electron chi connectivity index (χ0n) is 11.5. The Hall–Kier alpha value is -2.24. The van der Waals surface area contributed by atoms with Crippen LogP contribution in [0.2, 0.25) is 0 Å². The van der Waals surface area contributed by atoms with Crippen LogP contribution >= 0.6 is 0 Å². The number of rotatable bonds is 5. The lowest BCUT2D eigenvalue weighted by Crippen LogP contribution is -2.37. The van der Waals surface area contributed by atoms with Gasteiger partial charge in [-0.2, -0.15) is 0 Å². The Morgan fingerprint density at radius 1 is 1.35 bits per heavy atom. The van der Waals surface area contributed by atoms with Crippen LogP contribution in [-0.4, -0.2) is 42.1 Å². The predicted molar refractivity (Wildman–Crippen MR) is 70.8 cm³/mol. The molecule has 108 valence electrons. The van der Waals surface area contributed by atoms with E-state index in [0.29, 0.717) is 17.9 Å². The summed E-state index contributed by atoms with van der Waals surface area (Å²) in [6.45, 7) is 0.260. The van der Waals surface area contributed by atoms with Crippen LogP contribution in [0.1, 0.15) is 18.4 Å². The molecule has 1 fully saturated rings. The Labute approximate surface area is 116 Å². The minimum atomic E-state index is -0.962. The third-order valence-corrected chi connectivity index (χ3v) is 3.41. The van der Waals surface area contributed by atoms with Crippen LogP contribution in [0, 0.1) is 0 Å². The van der Waals surface area contributed by atoms with E-state index < -0.39 is 12.0 Å². The van der Waals surface area contributed by atoms with Gasteiger partial charge in [0.1, 0.15) is 6.04 Å². The van der Waals surface area contributed by atoms with Crippen molar-refractivity contribution in [2.45, 2.75) is 25.4 Å². The average Bonchev–Trinajstić information content (AvgIpc) is 2.80. The second-order valence-corrected chi connectivity index (χ2v) is 4.60. The molecule has 0 aliphatic carbocycles. The number of hydrogen-bond acceptors (Lipinski definition) is 4. The van der Waals surface area contributed by atoms with E-state index in [0.717, 1.165) is 5.56 Å². The fourth-order valence-corrected chi connectivity index (χ4v) is 2.36. The first-order chi connectivity index (χ1) is 9.56. The summed E-state index contributed by atoms with van der Waals surface area (Å²) < 4.78 is 10.3. The zero-order chi connectivity index (χ0) is 14.7. The number of aliphatic carboxylic acids is 1. The largest absolute Gasteiger partial charge is 0.493 e. The Morgan fingerprint density at radius 2 is 2.05 bits per heavy atom. The number of carboxylic acid groups (broad SMARTS) is 1. The van der Waals surface area contributed by atoms with Crippen LogP contribution in [0.25, 0.3) is 0 Å². The van der Waals surface area contributed by atoms with E-state index >= 15 is 0 Å². The van der Waals surface area contributed by atoms with Gasteiger partial charge in [0.2, 0.25) is 5.91 Å². The molecule has 0 saturated carbocycles. The third-order valence-electron chi connectivity index (χ3n) is 3.41. The third kappa shape index (κ3) is 2.68. The molecule has 1 aromatic rings. The maximum Gasteiger partial charge on any atom is 0.326 e. The summed E-state index contributed by atoms with van der Waals surface area (Å²) in [5.74, 6) is 0.0609. The van der Waals surface area contributed by atoms with Crippen LogP contribution in [-0.2, 0) is 16.1 Å². The van der Waals surface area contributed by atoms with Crippen molar-refractivity contribution >= 4 is 11.9 Å². The van der Waals surface area contributed by atoms with Gasteiger partial charge >= 0.3 is 5.97 Å². The lowest BCUT2D eigenvalue weighted by Gasteiger charge is -2.22. The van der Waals surface area contributed by atoms with Crippen LogP contribution in [0.15, 0.2) is 18.2 Å². The highest BCUT2D eigenvalue weighted by molar-refractivity contribution is 5.87. The topological polar surface area (TPSA) is 76.1 Å². The number of carbonyl (C=O) groups excluding carboxylic acids is 1. The normalized spacial score (nSPS) is 18.2. The fraction of sp³-hybridized carbons (Fsp3) is 0.429. The number of nitrogens with zero attached hydrogens (tertiary/aromatic N) is 1. The summed E-state index contributed by atoms with van der Waals surface area (Å²) in [6, 6.07) is 4.55. The van der Waals surface area contributed by atoms with Gasteiger partial charge in [0.15, 0.2) is 11.5 Å². The number of amides is 1. The number of carboxylic acids is 1. The predicted octanol–water partition coefficient (Wildman–Crippen LogP) is 1.28. The quantitative estimate of drug-likeness (QED) is 0.878. The summed E-state index contributed by atoms with van der Waals surface area (Å²) in [5, 5.41) is 9.12. The molecular weight excluding hydrogens is 262 g/mol. The van der Waals surface area contributed by atoms with Crippen molar-refractivity contribution in [3.63, 3.8) is 0 Å². The van der Waals surface area contributed by atoms with E-state index in [4.69, 9.17) is 14.6 Å². The van der Waals surface area contributed by atoms with Crippen molar-refractivity contribution in [1.82, 2.24) is 4.90 Å². The average molecular weight is 279 g/mol. The summed E-state index contributed by atoms with van der Waals surface area (Å²) in [5.41, 5.74) is 0.809. The smallest absolute Gasteiger partial charge is 0.326 e. The minimum absolute atomic E-state index is 0.132. The number of methoxy groups -OCH3 is 2. The molecule has 0 bridgehead atoms. The van der Waals surface area contributed by atoms with Crippen molar-refractivity contribution in [2.24, 2.45) is 0 Å². The highest BCUT2D eigenvalue weighted by Crippen LogP contribution is 2.29. The Bertz CT molecular complexity index is 528. The molecule has 1 aliphatic heterocycles. The van der Waals surface area contributed by atoms with Gasteiger partial charge in [0.05, 0.1) is 14.2 Å². The molecule has 0 aromatic heterocycles. The number of ether oxygens (including phenoxy) is 2. The maximum atomic E-state index is 11.8. The molecule has 20 heavy (non-hydrogen) atoms. The summed E-state index contributed by atoms with van der Waals surface area (Å²) in [6.07, 6.45) is 0.645. The van der Waals surface area contributed by atoms with Crippen molar-refractivity contribution in [3.8, 4) is 11.5 Å². The standard InChI is InChI=1S/C14H17NO5/c1-19-11-5-3-9(7-12(11)20-2)8-15-10(14(17)18)4-6-13(15)16/h3,5,7,10H,4,6,8H2,1-2H3,(H,17,18)/t10-/m1/s1. The molecule has 0 spiro atoms. The molecule has 1 N–H and O–H groups in total. The first kappa shape index (κ1) is 14.2. The van der Waals surface area contributed by atoms with Gasteiger partial charge in [0.25, 0.3) is 0 Å². The van der Waals surface area contributed by atoms with E-state index in [1.165, 1.54) is 12.0 Å². The molecule has 1 amide bonds. The van der Waals surface area contributed by atoms with E-state index in [1.54, 1.807) is 25.3 Å². The first-order valence-electron chi connectivity index (χ1n) is 6.30. The first-order valence-corrected chi connectivity index (χ1v) is 6.30. The molecule has 0 radical (unpaired) electrons. The van der Waals surface area contributed by atoms with Crippen molar-refractivity contribution in [3.05, 3.63) is 23.8 Å². The van der Waals surface area contributed by atoms with Crippen molar-refractivity contribution in [2.75, 3.05) is 14.2 Å². The molecule has 1 saturated heterocycles. The van der Waals surface area contributed by atoms with Crippen LogP contribution in [0.4, 0.5) is 0 Å². The SMILES string of the molecule is COc1ccc(CN2C(=O)CC[C@@H]2C(=O)O)cc1OC. The van der Waals surface area contributed by atoms with Crippen molar-refractivity contribution in [1.29, 1.82) is 0 Å². The lowest BCUT2D eigenvalue weighted by atomic mass is 10.1. The van der Waals surface area contributed by atoms with E-state index in [1.807, 2.05) is 0 Å². The molecule has 1 aliphatic rings. The number of carbonyl (C=O) groups is 2. The zero-order valence-corrected chi connectivity index (χ0v) is 11.5. The van der Waals surface area contributed by atoms with E-state index in [9.17, 15) is 9.59 Å². The summed E-state index contributed by atoms with van der Waals surface area (Å²) in [7, 11) is 3.07. The molecule has 1 aromatic carbocycles. The van der Waals surface area contributed by atoms with Gasteiger partial charge in [-0.05, 0) is 24.1 Å². The fourth-order valence-electron chi connectivity index (χ4n) is 2.36. The Kier molecular flexibility index (Phi) is 4.12. The number of likely N-dealkylation sites (tertiary alicyclic amines) is 1. The molecule has 2 rings (SSSR count). The highest BCUT2D eigenvalue weighted by atomic mass is 16.5. The molecule has 6 heteroatoms. The Morgan fingerprint density at radius 3 is 2.65 bits per heavy atom. The molecule has 1 atom stereocenters. The van der Waals surface area contributed by atoms with Crippen molar-refractivity contribution < 1.29 is 24.2 Å². The van der Waals surface area contributed by atoms with Gasteiger partial charge in [0, 0.05) is 13.0 Å². The molecule has 0 unspecified atom stereocenters. The molecule has 6 nitrogen and oxygen atoms in total. The number of benzene rings is 1. The second-order valence-electron chi connectivity index (χ2n) is 4.60. The van der Waals surface area contributed by atoms with Gasteiger partial charge in [-0.1, -0.05) is 6.07 Å². The van der Waals surface area contributed by atoms with Crippen LogP contribution in [0.5, 0.6) is 11.5 Å². The Balaban J connectivity index is 2.20. The summed E-state index contributed by atoms with van der Waals surface area (Å²) in [4.78, 5) is 24.3. The van der Waals surface area contributed by atoms with Crippen LogP contribution < -0.4 is 9.47 Å². The second kappa shape index (κ2) is 5.81.